The molecule has 1 amide bonds. The summed E-state index contributed by atoms with van der Waals surface area (Å²) in [7, 11) is 1.85. The lowest BCUT2D eigenvalue weighted by Gasteiger charge is -2.23. The normalized spacial score (nSPS) is 15.8. The standard InChI is InChI=1S/C22H24N2OS/c1-21(2,3)15-9-11-16(12-10-15)22(13-14-22)19(25)24(4)20-23-17-7-5-6-8-18(17)26-20/h5-12H,13-14H2,1-4H3. The van der Waals surface area contributed by atoms with Gasteiger partial charge in [0.15, 0.2) is 5.13 Å². The number of anilines is 1. The monoisotopic (exact) mass is 364 g/mol. The van der Waals surface area contributed by atoms with E-state index in [9.17, 15) is 4.79 Å². The summed E-state index contributed by atoms with van der Waals surface area (Å²) >= 11 is 1.57. The summed E-state index contributed by atoms with van der Waals surface area (Å²) in [6.45, 7) is 6.63. The van der Waals surface area contributed by atoms with Crippen LogP contribution in [0, 0.1) is 0 Å². The molecule has 1 aliphatic carbocycles. The van der Waals surface area contributed by atoms with Crippen LogP contribution in [0.15, 0.2) is 48.5 Å². The van der Waals surface area contributed by atoms with Gasteiger partial charge < -0.3 is 0 Å². The highest BCUT2D eigenvalue weighted by Crippen LogP contribution is 2.50. The average molecular weight is 365 g/mol. The fraction of sp³-hybridized carbons (Fsp3) is 0.364. The number of para-hydroxylation sites is 1. The molecule has 1 aromatic heterocycles. The van der Waals surface area contributed by atoms with Crippen molar-refractivity contribution in [2.24, 2.45) is 0 Å². The number of fused-ring (bicyclic) bond motifs is 1. The Morgan fingerprint density at radius 3 is 2.31 bits per heavy atom. The van der Waals surface area contributed by atoms with Crippen LogP contribution in [0.5, 0.6) is 0 Å². The lowest BCUT2D eigenvalue weighted by Crippen LogP contribution is -2.36. The van der Waals surface area contributed by atoms with E-state index in [4.69, 9.17) is 0 Å². The minimum Gasteiger partial charge on any atom is -0.290 e. The molecule has 0 unspecified atom stereocenters. The number of aromatic nitrogens is 1. The van der Waals surface area contributed by atoms with Crippen molar-refractivity contribution in [3.63, 3.8) is 0 Å². The van der Waals surface area contributed by atoms with E-state index in [2.05, 4.69) is 50.0 Å². The van der Waals surface area contributed by atoms with Crippen LogP contribution in [0.1, 0.15) is 44.7 Å². The smallest absolute Gasteiger partial charge is 0.239 e. The molecular formula is C22H24N2OS. The highest BCUT2D eigenvalue weighted by Gasteiger charge is 2.53. The number of hydrogen-bond acceptors (Lipinski definition) is 3. The van der Waals surface area contributed by atoms with E-state index in [-0.39, 0.29) is 16.7 Å². The third kappa shape index (κ3) is 2.82. The zero-order chi connectivity index (χ0) is 18.5. The summed E-state index contributed by atoms with van der Waals surface area (Å²) in [5, 5.41) is 0.772. The number of benzene rings is 2. The molecule has 0 radical (unpaired) electrons. The van der Waals surface area contributed by atoms with Gasteiger partial charge in [0.25, 0.3) is 0 Å². The minimum atomic E-state index is -0.372. The van der Waals surface area contributed by atoms with Crippen molar-refractivity contribution >= 4 is 32.6 Å². The minimum absolute atomic E-state index is 0.122. The molecule has 1 heterocycles. The Morgan fingerprint density at radius 1 is 1.08 bits per heavy atom. The summed E-state index contributed by atoms with van der Waals surface area (Å²) in [5.74, 6) is 0.153. The van der Waals surface area contributed by atoms with Gasteiger partial charge in [0.2, 0.25) is 5.91 Å². The molecule has 4 heteroatoms. The molecule has 1 saturated carbocycles. The van der Waals surface area contributed by atoms with E-state index in [0.717, 1.165) is 33.8 Å². The van der Waals surface area contributed by atoms with Crippen molar-refractivity contribution in [2.75, 3.05) is 11.9 Å². The maximum absolute atomic E-state index is 13.3. The summed E-state index contributed by atoms with van der Waals surface area (Å²) in [5.41, 5.74) is 3.12. The highest BCUT2D eigenvalue weighted by molar-refractivity contribution is 7.22. The van der Waals surface area contributed by atoms with Gasteiger partial charge in [-0.2, -0.15) is 0 Å². The predicted molar refractivity (Wildman–Crippen MR) is 109 cm³/mol. The van der Waals surface area contributed by atoms with Gasteiger partial charge in [0.05, 0.1) is 15.6 Å². The van der Waals surface area contributed by atoms with Gasteiger partial charge in [0.1, 0.15) is 0 Å². The second-order valence-electron chi connectivity index (χ2n) is 8.24. The van der Waals surface area contributed by atoms with Gasteiger partial charge in [-0.1, -0.05) is 68.5 Å². The van der Waals surface area contributed by atoms with Crippen LogP contribution in [0.2, 0.25) is 0 Å². The van der Waals surface area contributed by atoms with E-state index in [0.29, 0.717) is 0 Å². The SMILES string of the molecule is CN(C(=O)C1(c2ccc(C(C)(C)C)cc2)CC1)c1nc2ccccc2s1. The molecule has 0 aliphatic heterocycles. The molecule has 134 valence electrons. The molecule has 26 heavy (non-hydrogen) atoms. The Kier molecular flexibility index (Phi) is 3.92. The molecule has 1 fully saturated rings. The van der Waals surface area contributed by atoms with E-state index in [1.54, 1.807) is 16.2 Å². The van der Waals surface area contributed by atoms with Crippen molar-refractivity contribution in [1.82, 2.24) is 4.98 Å². The molecule has 3 aromatic rings. The van der Waals surface area contributed by atoms with Crippen LogP contribution in [0.25, 0.3) is 10.2 Å². The predicted octanol–water partition coefficient (Wildman–Crippen LogP) is 5.29. The van der Waals surface area contributed by atoms with Gasteiger partial charge in [-0.25, -0.2) is 4.98 Å². The summed E-state index contributed by atoms with van der Waals surface area (Å²) in [6.07, 6.45) is 1.83. The van der Waals surface area contributed by atoms with Crippen LogP contribution >= 0.6 is 11.3 Å². The van der Waals surface area contributed by atoms with E-state index >= 15 is 0 Å². The number of rotatable bonds is 3. The zero-order valence-electron chi connectivity index (χ0n) is 15.7. The molecular weight excluding hydrogens is 340 g/mol. The number of likely N-dealkylation sites (N-methyl/N-ethyl adjacent to an activating group) is 1. The van der Waals surface area contributed by atoms with Gasteiger partial charge >= 0.3 is 0 Å². The Hall–Kier alpha value is -2.20. The van der Waals surface area contributed by atoms with Crippen molar-refractivity contribution in [3.8, 4) is 0 Å². The first-order valence-corrected chi connectivity index (χ1v) is 9.88. The fourth-order valence-electron chi connectivity index (χ4n) is 3.45. The second kappa shape index (κ2) is 5.92. The third-order valence-corrected chi connectivity index (χ3v) is 6.45. The molecule has 0 saturated heterocycles. The van der Waals surface area contributed by atoms with Crippen molar-refractivity contribution in [2.45, 2.75) is 44.4 Å². The number of carbonyl (C=O) groups is 1. The van der Waals surface area contributed by atoms with E-state index < -0.39 is 0 Å². The number of carbonyl (C=O) groups excluding carboxylic acids is 1. The number of hydrogen-bond donors (Lipinski definition) is 0. The summed E-state index contributed by atoms with van der Waals surface area (Å²) in [6, 6.07) is 16.6. The Labute approximate surface area is 158 Å². The first kappa shape index (κ1) is 17.2. The average Bonchev–Trinajstić information content (AvgIpc) is 3.32. The Morgan fingerprint density at radius 2 is 1.73 bits per heavy atom. The zero-order valence-corrected chi connectivity index (χ0v) is 16.6. The first-order chi connectivity index (χ1) is 12.3. The largest absolute Gasteiger partial charge is 0.290 e. The number of nitrogens with zero attached hydrogens (tertiary/aromatic N) is 2. The van der Waals surface area contributed by atoms with Crippen LogP contribution in [-0.2, 0) is 15.6 Å². The topological polar surface area (TPSA) is 33.2 Å². The molecule has 0 N–H and O–H groups in total. The summed E-state index contributed by atoms with van der Waals surface area (Å²) < 4.78 is 1.11. The molecule has 4 rings (SSSR count). The van der Waals surface area contributed by atoms with E-state index in [1.807, 2.05) is 31.3 Å². The van der Waals surface area contributed by atoms with Gasteiger partial charge in [-0.15, -0.1) is 0 Å². The van der Waals surface area contributed by atoms with Crippen LogP contribution in [0.4, 0.5) is 5.13 Å². The van der Waals surface area contributed by atoms with Crippen LogP contribution in [-0.4, -0.2) is 17.9 Å². The number of amides is 1. The molecule has 3 nitrogen and oxygen atoms in total. The van der Waals surface area contributed by atoms with Gasteiger partial charge in [-0.05, 0) is 41.5 Å². The van der Waals surface area contributed by atoms with Crippen LogP contribution in [0.3, 0.4) is 0 Å². The molecule has 2 aromatic carbocycles. The highest BCUT2D eigenvalue weighted by atomic mass is 32.1. The molecule has 1 aliphatic rings. The lowest BCUT2D eigenvalue weighted by molar-refractivity contribution is -0.120. The van der Waals surface area contributed by atoms with Crippen molar-refractivity contribution < 1.29 is 4.79 Å². The maximum atomic E-state index is 13.3. The lowest BCUT2D eigenvalue weighted by atomic mass is 9.85. The Bertz CT molecular complexity index is 929. The van der Waals surface area contributed by atoms with E-state index in [1.165, 1.54) is 5.56 Å². The molecule has 0 bridgehead atoms. The van der Waals surface area contributed by atoms with Gasteiger partial charge in [-0.3, -0.25) is 9.69 Å². The first-order valence-electron chi connectivity index (χ1n) is 9.06. The quantitative estimate of drug-likeness (QED) is 0.633. The third-order valence-electron chi connectivity index (χ3n) is 5.34. The van der Waals surface area contributed by atoms with Crippen LogP contribution < -0.4 is 4.90 Å². The summed E-state index contributed by atoms with van der Waals surface area (Å²) in [4.78, 5) is 19.7. The van der Waals surface area contributed by atoms with Crippen molar-refractivity contribution in [3.05, 3.63) is 59.7 Å². The van der Waals surface area contributed by atoms with Crippen molar-refractivity contribution in [1.29, 1.82) is 0 Å². The number of thiazole rings is 1. The fourth-order valence-corrected chi connectivity index (χ4v) is 4.38. The second-order valence-corrected chi connectivity index (χ2v) is 9.25. The Balaban J connectivity index is 1.62. The van der Waals surface area contributed by atoms with Gasteiger partial charge in [0, 0.05) is 7.05 Å². The molecule has 0 atom stereocenters. The maximum Gasteiger partial charge on any atom is 0.239 e. The molecule has 0 spiro atoms.